The van der Waals surface area contributed by atoms with Gasteiger partial charge in [-0.25, -0.2) is 19.9 Å². The third kappa shape index (κ3) is 6.84. The average Bonchev–Trinajstić information content (AvgIpc) is 2.60. The van der Waals surface area contributed by atoms with E-state index in [2.05, 4.69) is 29.9 Å². The molecule has 0 atom stereocenters. The van der Waals surface area contributed by atoms with E-state index >= 15 is 0 Å². The summed E-state index contributed by atoms with van der Waals surface area (Å²) in [6.07, 6.45) is 0. The van der Waals surface area contributed by atoms with Crippen LogP contribution in [-0.2, 0) is 0 Å². The molecule has 2 aromatic rings. The lowest BCUT2D eigenvalue weighted by Crippen LogP contribution is -2.24. The smallest absolute Gasteiger partial charge is 0.302 e. The first-order valence-electron chi connectivity index (χ1n) is 7.39. The number of aryl methyl sites for hydroxylation is 1. The highest BCUT2D eigenvalue weighted by molar-refractivity contribution is 6.40. The fourth-order valence-electron chi connectivity index (χ4n) is 1.58. The second-order valence-corrected chi connectivity index (χ2v) is 6.13. The van der Waals surface area contributed by atoms with Gasteiger partial charge in [0, 0.05) is 0 Å². The van der Waals surface area contributed by atoms with Gasteiger partial charge in [0.1, 0.15) is 0 Å². The van der Waals surface area contributed by atoms with Crippen LogP contribution in [0.2, 0.25) is 15.5 Å². The van der Waals surface area contributed by atoms with E-state index in [1.165, 1.54) is 0 Å². The summed E-state index contributed by atoms with van der Waals surface area (Å²) in [5.41, 5.74) is 30.9. The first-order valence-corrected chi connectivity index (χ1v) is 8.52. The molecule has 0 spiro atoms. The summed E-state index contributed by atoms with van der Waals surface area (Å²) >= 11 is 16.7. The molecule has 2 amide bonds. The molecule has 0 aliphatic rings. The first kappa shape index (κ1) is 24.5. The molecule has 0 aliphatic heterocycles. The fourth-order valence-corrected chi connectivity index (χ4v) is 1.96. The minimum atomic E-state index is -0.835. The van der Waals surface area contributed by atoms with Crippen LogP contribution in [0.3, 0.4) is 0 Å². The van der Waals surface area contributed by atoms with Gasteiger partial charge >= 0.3 is 11.8 Å². The summed E-state index contributed by atoms with van der Waals surface area (Å²) in [4.78, 5) is 43.9. The van der Waals surface area contributed by atoms with Crippen LogP contribution in [0, 0.1) is 6.92 Å². The number of halogens is 3. The number of amides is 2. The molecule has 0 aromatic carbocycles. The molecule has 0 saturated heterocycles. The molecule has 17 heteroatoms. The fraction of sp³-hybridized carbons (Fsp3) is 0.0769. The van der Waals surface area contributed by atoms with E-state index in [9.17, 15) is 9.59 Å². The quantitative estimate of drug-likeness (QED) is 0.229. The monoisotopic (exact) mass is 476 g/mol. The lowest BCUT2D eigenvalue weighted by Gasteiger charge is -2.02. The molecule has 30 heavy (non-hydrogen) atoms. The molecule has 0 saturated carbocycles. The van der Waals surface area contributed by atoms with Crippen LogP contribution in [0.4, 0.5) is 11.6 Å². The molecule has 0 radical (unpaired) electrons. The Bertz CT molecular complexity index is 965. The number of rotatable bonds is 2. The highest BCUT2D eigenvalue weighted by Crippen LogP contribution is 2.20. The van der Waals surface area contributed by atoms with Gasteiger partial charge in [-0.3, -0.25) is 9.59 Å². The van der Waals surface area contributed by atoms with Crippen molar-refractivity contribution in [3.63, 3.8) is 0 Å². The van der Waals surface area contributed by atoms with Crippen molar-refractivity contribution in [3.05, 3.63) is 32.5 Å². The Morgan fingerprint density at radius 3 is 1.50 bits per heavy atom. The van der Waals surface area contributed by atoms with E-state index in [1.54, 1.807) is 6.92 Å². The first-order chi connectivity index (χ1) is 13.8. The molecule has 2 aromatic heterocycles. The van der Waals surface area contributed by atoms with Gasteiger partial charge in [0.25, 0.3) is 0 Å². The topological polar surface area (TPSA) is 267 Å². The molecule has 0 fully saturated rings. The molecule has 2 rings (SSSR count). The number of nitrogens with zero attached hydrogens (tertiary/aromatic N) is 6. The number of carbonyl (C=O) groups excluding carboxylic acids is 2. The summed E-state index contributed by atoms with van der Waals surface area (Å²) in [6, 6.07) is 0. The number of nitrogens with two attached hydrogens (primary N) is 6. The van der Waals surface area contributed by atoms with E-state index in [-0.39, 0.29) is 44.4 Å². The van der Waals surface area contributed by atoms with Crippen LogP contribution in [0.5, 0.6) is 0 Å². The Hall–Kier alpha value is -3.49. The van der Waals surface area contributed by atoms with Crippen molar-refractivity contribution in [2.45, 2.75) is 6.92 Å². The predicted molar refractivity (Wildman–Crippen MR) is 113 cm³/mol. The molecule has 0 bridgehead atoms. The number of anilines is 2. The summed E-state index contributed by atoms with van der Waals surface area (Å²) in [5, 5.41) is -0.172. The Morgan fingerprint density at radius 1 is 0.700 bits per heavy atom. The summed E-state index contributed by atoms with van der Waals surface area (Å²) in [7, 11) is 0. The molecule has 14 nitrogen and oxygen atoms in total. The maximum atomic E-state index is 11.4. The Morgan fingerprint density at radius 2 is 1.07 bits per heavy atom. The van der Waals surface area contributed by atoms with Crippen molar-refractivity contribution in [1.82, 2.24) is 19.9 Å². The zero-order chi connectivity index (χ0) is 23.2. The Labute approximate surface area is 183 Å². The van der Waals surface area contributed by atoms with Crippen molar-refractivity contribution in [1.29, 1.82) is 0 Å². The lowest BCUT2D eigenvalue weighted by molar-refractivity contribution is 0.0990. The molecular formula is C13H15Cl3N12O2. The van der Waals surface area contributed by atoms with Crippen LogP contribution in [-0.4, -0.2) is 43.7 Å². The van der Waals surface area contributed by atoms with E-state index in [0.29, 0.717) is 5.69 Å². The van der Waals surface area contributed by atoms with Crippen molar-refractivity contribution in [3.8, 4) is 0 Å². The van der Waals surface area contributed by atoms with Crippen LogP contribution >= 0.6 is 34.8 Å². The number of guanidine groups is 2. The van der Waals surface area contributed by atoms with E-state index in [4.69, 9.17) is 69.2 Å². The van der Waals surface area contributed by atoms with Gasteiger partial charge in [-0.2, -0.15) is 9.98 Å². The van der Waals surface area contributed by atoms with E-state index in [0.717, 1.165) is 0 Å². The third-order valence-corrected chi connectivity index (χ3v) is 3.73. The average molecular weight is 478 g/mol. The van der Waals surface area contributed by atoms with Gasteiger partial charge in [-0.05, 0) is 6.92 Å². The summed E-state index contributed by atoms with van der Waals surface area (Å²) in [6.45, 7) is 1.61. The zero-order valence-electron chi connectivity index (χ0n) is 15.1. The number of hydrogen-bond acceptors (Lipinski definition) is 8. The number of hydrogen-bond donors (Lipinski definition) is 6. The summed E-state index contributed by atoms with van der Waals surface area (Å²) < 4.78 is 0. The maximum absolute atomic E-state index is 11.4. The molecule has 0 unspecified atom stereocenters. The van der Waals surface area contributed by atoms with Gasteiger partial charge in [0.05, 0.1) is 5.69 Å². The van der Waals surface area contributed by atoms with Gasteiger partial charge < -0.3 is 34.4 Å². The second kappa shape index (κ2) is 10.3. The minimum Gasteiger partial charge on any atom is -0.382 e. The van der Waals surface area contributed by atoms with Crippen molar-refractivity contribution in [2.75, 3.05) is 11.5 Å². The highest BCUT2D eigenvalue weighted by atomic mass is 35.5. The van der Waals surface area contributed by atoms with E-state index in [1.807, 2.05) is 0 Å². The molecule has 12 N–H and O–H groups in total. The molecule has 2 heterocycles. The Kier molecular flexibility index (Phi) is 8.46. The highest BCUT2D eigenvalue weighted by Gasteiger charge is 2.16. The Balaban J connectivity index is 0.000000300. The van der Waals surface area contributed by atoms with Crippen molar-refractivity contribution >= 4 is 70.2 Å². The normalized spacial score (nSPS) is 9.73. The number of aromatic nitrogens is 4. The number of nitrogen functional groups attached to an aromatic ring is 2. The third-order valence-electron chi connectivity index (χ3n) is 2.75. The van der Waals surface area contributed by atoms with Crippen LogP contribution in [0.25, 0.3) is 0 Å². The predicted octanol–water partition coefficient (Wildman–Crippen LogP) is -0.787. The molecule has 0 aliphatic carbocycles. The summed E-state index contributed by atoms with van der Waals surface area (Å²) in [5.74, 6) is -2.66. The van der Waals surface area contributed by atoms with Crippen LogP contribution in [0.15, 0.2) is 9.98 Å². The lowest BCUT2D eigenvalue weighted by atomic mass is 10.3. The van der Waals surface area contributed by atoms with Crippen LogP contribution < -0.4 is 34.4 Å². The molecular weight excluding hydrogens is 463 g/mol. The minimum absolute atomic E-state index is 0.0631. The maximum Gasteiger partial charge on any atom is 0.302 e. The van der Waals surface area contributed by atoms with Gasteiger partial charge in [-0.1, -0.05) is 34.8 Å². The van der Waals surface area contributed by atoms with Crippen molar-refractivity contribution < 1.29 is 9.59 Å². The van der Waals surface area contributed by atoms with Crippen LogP contribution in [0.1, 0.15) is 26.7 Å². The zero-order valence-corrected chi connectivity index (χ0v) is 17.4. The number of carbonyl (C=O) groups is 2. The standard InChI is InChI=1S/C7H9ClN6O.C6H6Cl2N6O/c1-2-4(8)13-3(5(9)12-2)6(15)14-7(10)11;7-2-3(8)13-4(9)1(12-2)5(15)14-6(10)11/h1H3,(H2,9,12)(H4,10,11,14,15);(H2,9,13)(H4,10,11,14,15). The van der Waals surface area contributed by atoms with E-state index < -0.39 is 17.8 Å². The van der Waals surface area contributed by atoms with Gasteiger partial charge in [0.2, 0.25) is 0 Å². The largest absolute Gasteiger partial charge is 0.382 e. The molecule has 160 valence electrons. The van der Waals surface area contributed by atoms with Gasteiger partial charge in [-0.15, -0.1) is 0 Å². The number of aliphatic imine (C=N–C) groups is 2. The van der Waals surface area contributed by atoms with Gasteiger partial charge in [0.15, 0.2) is 50.4 Å². The SMILES string of the molecule is Cc1nc(N)c(C(=O)N=C(N)N)nc1Cl.NC(N)=NC(=O)c1nc(Cl)c(Cl)nc1N. The van der Waals surface area contributed by atoms with Crippen molar-refractivity contribution in [2.24, 2.45) is 32.9 Å². The second-order valence-electron chi connectivity index (χ2n) is 5.06.